The summed E-state index contributed by atoms with van der Waals surface area (Å²) in [6, 6.07) is 13.4. The molecule has 0 saturated heterocycles. The summed E-state index contributed by atoms with van der Waals surface area (Å²) in [4.78, 5) is 26.0. The van der Waals surface area contributed by atoms with Gasteiger partial charge in [0.15, 0.2) is 0 Å². The SMILES string of the molecule is O=C(CCN(Cc1ccco1)C1CC1)NC(=O)NCc1ccccc1. The monoisotopic (exact) mass is 341 g/mol. The van der Waals surface area contributed by atoms with Crippen molar-refractivity contribution in [2.75, 3.05) is 6.54 Å². The molecule has 25 heavy (non-hydrogen) atoms. The average Bonchev–Trinajstić information content (AvgIpc) is 3.34. The topological polar surface area (TPSA) is 74.6 Å². The second kappa shape index (κ2) is 8.48. The summed E-state index contributed by atoms with van der Waals surface area (Å²) in [6.07, 6.45) is 4.25. The molecule has 1 aliphatic rings. The van der Waals surface area contributed by atoms with Gasteiger partial charge in [-0.05, 0) is 30.5 Å². The lowest BCUT2D eigenvalue weighted by Crippen LogP contribution is -2.40. The van der Waals surface area contributed by atoms with E-state index in [2.05, 4.69) is 15.5 Å². The van der Waals surface area contributed by atoms with Crippen molar-refractivity contribution in [1.82, 2.24) is 15.5 Å². The van der Waals surface area contributed by atoms with Crippen LogP contribution < -0.4 is 10.6 Å². The van der Waals surface area contributed by atoms with E-state index in [1.807, 2.05) is 42.5 Å². The Morgan fingerprint density at radius 3 is 2.60 bits per heavy atom. The number of nitrogens with one attached hydrogen (secondary N) is 2. The van der Waals surface area contributed by atoms with Crippen LogP contribution in [0.1, 0.15) is 30.6 Å². The Morgan fingerprint density at radius 1 is 1.12 bits per heavy atom. The highest BCUT2D eigenvalue weighted by Gasteiger charge is 2.29. The second-order valence-corrected chi connectivity index (χ2v) is 6.25. The Hall–Kier alpha value is -2.60. The molecule has 132 valence electrons. The van der Waals surface area contributed by atoms with Crippen molar-refractivity contribution < 1.29 is 14.0 Å². The van der Waals surface area contributed by atoms with Crippen LogP contribution in [-0.2, 0) is 17.9 Å². The highest BCUT2D eigenvalue weighted by atomic mass is 16.3. The van der Waals surface area contributed by atoms with Crippen LogP contribution in [0.15, 0.2) is 53.1 Å². The van der Waals surface area contributed by atoms with Gasteiger partial charge in [-0.1, -0.05) is 30.3 Å². The van der Waals surface area contributed by atoms with Crippen LogP contribution in [0.3, 0.4) is 0 Å². The number of benzene rings is 1. The lowest BCUT2D eigenvalue weighted by Gasteiger charge is -2.20. The number of furan rings is 1. The van der Waals surface area contributed by atoms with Crippen molar-refractivity contribution in [1.29, 1.82) is 0 Å². The molecule has 0 unspecified atom stereocenters. The van der Waals surface area contributed by atoms with Crippen LogP contribution in [0.5, 0.6) is 0 Å². The number of rotatable bonds is 8. The Bertz CT molecular complexity index is 681. The van der Waals surface area contributed by atoms with E-state index in [9.17, 15) is 9.59 Å². The predicted octanol–water partition coefficient (Wildman–Crippen LogP) is 2.66. The molecule has 6 heteroatoms. The molecule has 1 aromatic carbocycles. The maximum atomic E-state index is 12.0. The molecule has 1 aliphatic carbocycles. The molecule has 0 spiro atoms. The lowest BCUT2D eigenvalue weighted by atomic mass is 10.2. The molecular formula is C19H23N3O3. The molecule has 0 atom stereocenters. The van der Waals surface area contributed by atoms with Crippen molar-refractivity contribution in [3.63, 3.8) is 0 Å². The van der Waals surface area contributed by atoms with Gasteiger partial charge in [0.05, 0.1) is 12.8 Å². The number of nitrogens with zero attached hydrogens (tertiary/aromatic N) is 1. The van der Waals surface area contributed by atoms with Crippen molar-refractivity contribution in [2.45, 2.75) is 38.4 Å². The van der Waals surface area contributed by atoms with E-state index in [0.717, 1.165) is 24.2 Å². The van der Waals surface area contributed by atoms with Crippen LogP contribution in [-0.4, -0.2) is 29.4 Å². The van der Waals surface area contributed by atoms with E-state index < -0.39 is 6.03 Å². The first-order chi connectivity index (χ1) is 12.2. The fourth-order valence-corrected chi connectivity index (χ4v) is 2.69. The molecular weight excluding hydrogens is 318 g/mol. The molecule has 6 nitrogen and oxygen atoms in total. The first-order valence-corrected chi connectivity index (χ1v) is 8.59. The summed E-state index contributed by atoms with van der Waals surface area (Å²) in [7, 11) is 0. The number of amides is 3. The molecule has 0 radical (unpaired) electrons. The van der Waals surface area contributed by atoms with Gasteiger partial charge in [-0.15, -0.1) is 0 Å². The number of hydrogen-bond acceptors (Lipinski definition) is 4. The predicted molar refractivity (Wildman–Crippen MR) is 93.6 cm³/mol. The molecule has 2 aromatic rings. The molecule has 0 aliphatic heterocycles. The maximum absolute atomic E-state index is 12.0. The maximum Gasteiger partial charge on any atom is 0.321 e. The molecule has 3 amide bonds. The third-order valence-electron chi connectivity index (χ3n) is 4.18. The molecule has 0 bridgehead atoms. The van der Waals surface area contributed by atoms with Crippen LogP contribution in [0.2, 0.25) is 0 Å². The summed E-state index contributed by atoms with van der Waals surface area (Å²) in [5.41, 5.74) is 0.989. The average molecular weight is 341 g/mol. The van der Waals surface area contributed by atoms with Gasteiger partial charge in [-0.25, -0.2) is 4.79 Å². The number of imide groups is 1. The number of carbonyl (C=O) groups excluding carboxylic acids is 2. The summed E-state index contributed by atoms with van der Waals surface area (Å²) in [6.45, 7) is 1.71. The minimum atomic E-state index is -0.460. The molecule has 3 rings (SSSR count). The Morgan fingerprint density at radius 2 is 1.92 bits per heavy atom. The number of carbonyl (C=O) groups is 2. The number of urea groups is 1. The fourth-order valence-electron chi connectivity index (χ4n) is 2.69. The van der Waals surface area contributed by atoms with Crippen molar-refractivity contribution in [3.8, 4) is 0 Å². The van der Waals surface area contributed by atoms with Gasteiger partial charge >= 0.3 is 6.03 Å². The zero-order valence-electron chi connectivity index (χ0n) is 14.1. The molecule has 1 heterocycles. The van der Waals surface area contributed by atoms with Crippen LogP contribution in [0.4, 0.5) is 4.79 Å². The minimum absolute atomic E-state index is 0.268. The van der Waals surface area contributed by atoms with Gasteiger partial charge in [-0.3, -0.25) is 15.0 Å². The summed E-state index contributed by atoms with van der Waals surface area (Å²) < 4.78 is 5.38. The smallest absolute Gasteiger partial charge is 0.321 e. The van der Waals surface area contributed by atoms with E-state index in [0.29, 0.717) is 25.7 Å². The Labute approximate surface area is 147 Å². The summed E-state index contributed by atoms with van der Waals surface area (Å²) in [5.74, 6) is 0.628. The van der Waals surface area contributed by atoms with E-state index in [1.54, 1.807) is 6.26 Å². The van der Waals surface area contributed by atoms with E-state index in [4.69, 9.17) is 4.42 Å². The van der Waals surface area contributed by atoms with Crippen molar-refractivity contribution in [3.05, 3.63) is 60.1 Å². The van der Waals surface area contributed by atoms with Crippen LogP contribution >= 0.6 is 0 Å². The largest absolute Gasteiger partial charge is 0.468 e. The second-order valence-electron chi connectivity index (χ2n) is 6.25. The first-order valence-electron chi connectivity index (χ1n) is 8.59. The molecule has 1 saturated carbocycles. The van der Waals surface area contributed by atoms with Crippen molar-refractivity contribution >= 4 is 11.9 Å². The van der Waals surface area contributed by atoms with Gasteiger partial charge in [-0.2, -0.15) is 0 Å². The van der Waals surface area contributed by atoms with Gasteiger partial charge in [0.25, 0.3) is 0 Å². The highest BCUT2D eigenvalue weighted by Crippen LogP contribution is 2.28. The van der Waals surface area contributed by atoms with Gasteiger partial charge in [0.2, 0.25) is 5.91 Å². The zero-order valence-corrected chi connectivity index (χ0v) is 14.1. The molecule has 2 N–H and O–H groups in total. The summed E-state index contributed by atoms with van der Waals surface area (Å²) >= 11 is 0. The third kappa shape index (κ3) is 5.76. The summed E-state index contributed by atoms with van der Waals surface area (Å²) in [5, 5.41) is 5.07. The van der Waals surface area contributed by atoms with E-state index in [1.165, 1.54) is 0 Å². The van der Waals surface area contributed by atoms with Gasteiger partial charge in [0.1, 0.15) is 5.76 Å². The van der Waals surface area contributed by atoms with Gasteiger partial charge in [0, 0.05) is 25.6 Å². The zero-order chi connectivity index (χ0) is 17.5. The van der Waals surface area contributed by atoms with E-state index in [-0.39, 0.29) is 12.3 Å². The first kappa shape index (κ1) is 17.2. The fraction of sp³-hybridized carbons (Fsp3) is 0.368. The highest BCUT2D eigenvalue weighted by molar-refractivity contribution is 5.94. The normalized spacial score (nSPS) is 13.6. The lowest BCUT2D eigenvalue weighted by molar-refractivity contribution is -0.120. The van der Waals surface area contributed by atoms with Crippen LogP contribution in [0, 0.1) is 0 Å². The molecule has 1 fully saturated rings. The minimum Gasteiger partial charge on any atom is -0.468 e. The van der Waals surface area contributed by atoms with Gasteiger partial charge < -0.3 is 9.73 Å². The quantitative estimate of drug-likeness (QED) is 0.774. The molecule has 1 aromatic heterocycles. The van der Waals surface area contributed by atoms with E-state index >= 15 is 0 Å². The van der Waals surface area contributed by atoms with Crippen molar-refractivity contribution in [2.24, 2.45) is 0 Å². The standard InChI is InChI=1S/C19H23N3O3/c23-18(21-19(24)20-13-15-5-2-1-3-6-15)10-11-22(16-8-9-16)14-17-7-4-12-25-17/h1-7,12,16H,8-11,13-14H2,(H2,20,21,23,24). The third-order valence-corrected chi connectivity index (χ3v) is 4.18. The Kier molecular flexibility index (Phi) is 5.85. The Balaban J connectivity index is 1.38. The van der Waals surface area contributed by atoms with Crippen LogP contribution in [0.25, 0.3) is 0 Å². The number of hydrogen-bond donors (Lipinski definition) is 2.